The quantitative estimate of drug-likeness (QED) is 0.0399. The summed E-state index contributed by atoms with van der Waals surface area (Å²) in [6.07, 6.45) is 5.66. The number of carbonyl (C=O) groups excluding carboxylic acids is 7. The Hall–Kier alpha value is -4.76. The number of carbonyl (C=O) groups is 8. The molecule has 1 heterocycles. The zero-order valence-corrected chi connectivity index (χ0v) is 33.7. The Bertz CT molecular complexity index is 1450. The number of rotatable bonds is 28. The second-order valence-electron chi connectivity index (χ2n) is 14.3. The second-order valence-corrected chi connectivity index (χ2v) is 15.3. The summed E-state index contributed by atoms with van der Waals surface area (Å²) in [4.78, 5) is 110. The van der Waals surface area contributed by atoms with E-state index in [0.717, 1.165) is 0 Å². The molecule has 20 nitrogen and oxygen atoms in total. The molecule has 1 rings (SSSR count). The zero-order valence-electron chi connectivity index (χ0n) is 32.9. The molecule has 0 saturated carbocycles. The number of hydrogen-bond donors (Lipinski definition) is 11. The number of thioether (sulfide) groups is 1. The fraction of sp³-hybridized carbons (Fsp3) is 0.686. The molecule has 316 valence electrons. The summed E-state index contributed by atoms with van der Waals surface area (Å²) in [5.74, 6) is -6.37. The number of aliphatic carboxylic acids is 1. The van der Waals surface area contributed by atoms with Crippen molar-refractivity contribution in [2.45, 2.75) is 115 Å². The van der Waals surface area contributed by atoms with Gasteiger partial charge in [-0.25, -0.2) is 9.78 Å². The topological polar surface area (TPSA) is 336 Å². The number of nitrogens with zero attached hydrogens (tertiary/aromatic N) is 1. The normalized spacial score (nSPS) is 14.4. The predicted molar refractivity (Wildman–Crippen MR) is 209 cm³/mol. The van der Waals surface area contributed by atoms with Crippen LogP contribution in [-0.2, 0) is 44.8 Å². The highest BCUT2D eigenvalue weighted by molar-refractivity contribution is 7.98. The highest BCUT2D eigenvalue weighted by atomic mass is 32.2. The van der Waals surface area contributed by atoms with Crippen molar-refractivity contribution in [1.29, 1.82) is 0 Å². The number of amides is 7. The first kappa shape index (κ1) is 49.3. The van der Waals surface area contributed by atoms with Gasteiger partial charge in [0.1, 0.15) is 30.2 Å². The fourth-order valence-corrected chi connectivity index (χ4v) is 5.91. The van der Waals surface area contributed by atoms with Crippen LogP contribution in [0.1, 0.15) is 78.3 Å². The van der Waals surface area contributed by atoms with Gasteiger partial charge in [0.25, 0.3) is 0 Å². The predicted octanol–water partition coefficient (Wildman–Crippen LogP) is -2.25. The highest BCUT2D eigenvalue weighted by Gasteiger charge is 2.33. The number of aromatic amines is 1. The van der Waals surface area contributed by atoms with Gasteiger partial charge in [0.05, 0.1) is 25.3 Å². The summed E-state index contributed by atoms with van der Waals surface area (Å²) in [5.41, 5.74) is 17.4. The van der Waals surface area contributed by atoms with Gasteiger partial charge in [-0.05, 0) is 68.9 Å². The van der Waals surface area contributed by atoms with E-state index in [9.17, 15) is 43.5 Å². The van der Waals surface area contributed by atoms with Gasteiger partial charge in [-0.15, -0.1) is 0 Å². The molecule has 1 aromatic rings. The molecule has 0 saturated heterocycles. The second kappa shape index (κ2) is 26.2. The van der Waals surface area contributed by atoms with Crippen molar-refractivity contribution in [2.24, 2.45) is 29.0 Å². The Labute approximate surface area is 331 Å². The van der Waals surface area contributed by atoms with Crippen molar-refractivity contribution in [1.82, 2.24) is 41.9 Å². The Morgan fingerprint density at radius 1 is 0.768 bits per heavy atom. The lowest BCUT2D eigenvalue weighted by atomic mass is 10.0. The molecule has 0 spiro atoms. The molecule has 14 N–H and O–H groups in total. The SMILES string of the molecule is CSCC[C@H](NC(=O)[C@@H](N)CC(C)C)C(=O)N[C@@H](Cc1cnc[nH]1)C(=O)N[C@@H](CC(N)=O)C(=O)N[C@@H](CC(C)C)C(=O)NCC(=O)N[C@@H](CCCCN)C(=O)O. The van der Waals surface area contributed by atoms with E-state index in [1.165, 1.54) is 24.3 Å². The lowest BCUT2D eigenvalue weighted by Gasteiger charge is -2.27. The van der Waals surface area contributed by atoms with Crippen LogP contribution >= 0.6 is 11.8 Å². The molecule has 0 aliphatic heterocycles. The number of hydrogen-bond acceptors (Lipinski definition) is 12. The molecule has 0 aliphatic rings. The first-order valence-corrected chi connectivity index (χ1v) is 20.0. The maximum atomic E-state index is 13.8. The molecule has 0 unspecified atom stereocenters. The van der Waals surface area contributed by atoms with Crippen LogP contribution in [0.25, 0.3) is 0 Å². The number of primary amides is 1. The van der Waals surface area contributed by atoms with Crippen LogP contribution < -0.4 is 49.1 Å². The Balaban J connectivity index is 3.20. The summed E-state index contributed by atoms with van der Waals surface area (Å²) >= 11 is 1.44. The van der Waals surface area contributed by atoms with E-state index in [-0.39, 0.29) is 37.5 Å². The molecule has 7 amide bonds. The molecular weight excluding hydrogens is 751 g/mol. The van der Waals surface area contributed by atoms with Crippen LogP contribution in [0.5, 0.6) is 0 Å². The number of nitrogens with one attached hydrogen (secondary N) is 7. The van der Waals surface area contributed by atoms with Crippen molar-refractivity contribution in [3.63, 3.8) is 0 Å². The minimum atomic E-state index is -1.60. The van der Waals surface area contributed by atoms with E-state index < -0.39 is 96.5 Å². The number of imidazole rings is 1. The number of unbranched alkanes of at least 4 members (excludes halogenated alkanes) is 1. The number of nitrogens with two attached hydrogens (primary N) is 3. The van der Waals surface area contributed by atoms with Crippen LogP contribution in [0.2, 0.25) is 0 Å². The summed E-state index contributed by atoms with van der Waals surface area (Å²) in [6, 6.07) is -7.30. The standard InChI is InChI=1S/C35H61N11O9S/c1-19(2)12-22(37)30(49)43-23(9-11-56-5)32(51)45-26(14-21-16-39-18-41-21)33(52)46-27(15-28(38)47)34(53)44-25(13-20(3)4)31(50)40-17-29(48)42-24(35(54)55)8-6-7-10-36/h16,18-20,22-27H,6-15,17,36-37H2,1-5H3,(H2,38,47)(H,39,41)(H,40,50)(H,42,48)(H,43,49)(H,44,53)(H,45,51)(H,46,52)(H,54,55)/t22-,23-,24-,25-,26-,27-/m0/s1. The van der Waals surface area contributed by atoms with E-state index in [4.69, 9.17) is 17.2 Å². The number of carboxylic acid groups (broad SMARTS) is 1. The summed E-state index contributed by atoms with van der Waals surface area (Å²) in [6.45, 7) is 7.13. The van der Waals surface area contributed by atoms with Gasteiger partial charge in [-0.2, -0.15) is 11.8 Å². The van der Waals surface area contributed by atoms with Gasteiger partial charge in [-0.3, -0.25) is 33.6 Å². The molecule has 6 atom stereocenters. The van der Waals surface area contributed by atoms with Crippen LogP contribution in [0, 0.1) is 11.8 Å². The molecule has 0 aromatic carbocycles. The molecule has 0 bridgehead atoms. The third kappa shape index (κ3) is 19.7. The van der Waals surface area contributed by atoms with Crippen LogP contribution in [0.15, 0.2) is 12.5 Å². The Kier molecular flexibility index (Phi) is 23.0. The van der Waals surface area contributed by atoms with Crippen LogP contribution in [0.3, 0.4) is 0 Å². The van der Waals surface area contributed by atoms with E-state index in [1.807, 2.05) is 20.1 Å². The Morgan fingerprint density at radius 2 is 1.36 bits per heavy atom. The molecule has 0 aliphatic carbocycles. The molecule has 21 heteroatoms. The molecular formula is C35H61N11O9S. The highest BCUT2D eigenvalue weighted by Crippen LogP contribution is 2.10. The summed E-state index contributed by atoms with van der Waals surface area (Å²) in [7, 11) is 0. The van der Waals surface area contributed by atoms with Gasteiger partial charge in [0.2, 0.25) is 41.4 Å². The van der Waals surface area contributed by atoms with Gasteiger partial charge >= 0.3 is 5.97 Å². The Morgan fingerprint density at radius 3 is 1.91 bits per heavy atom. The average Bonchev–Trinajstić information content (AvgIpc) is 3.63. The largest absolute Gasteiger partial charge is 0.480 e. The maximum Gasteiger partial charge on any atom is 0.326 e. The lowest BCUT2D eigenvalue weighted by Crippen LogP contribution is -2.60. The number of carboxylic acids is 1. The molecule has 56 heavy (non-hydrogen) atoms. The van der Waals surface area contributed by atoms with Gasteiger partial charge in [0, 0.05) is 18.3 Å². The van der Waals surface area contributed by atoms with Crippen molar-refractivity contribution >= 4 is 59.1 Å². The van der Waals surface area contributed by atoms with E-state index >= 15 is 0 Å². The van der Waals surface area contributed by atoms with Crippen molar-refractivity contribution in [3.8, 4) is 0 Å². The van der Waals surface area contributed by atoms with E-state index in [1.54, 1.807) is 13.8 Å². The van der Waals surface area contributed by atoms with Gasteiger partial charge in [-0.1, -0.05) is 27.7 Å². The number of H-pyrrole nitrogens is 1. The summed E-state index contributed by atoms with van der Waals surface area (Å²) in [5, 5.41) is 24.5. The first-order chi connectivity index (χ1) is 26.4. The van der Waals surface area contributed by atoms with Crippen molar-refractivity contribution in [2.75, 3.05) is 25.1 Å². The van der Waals surface area contributed by atoms with E-state index in [0.29, 0.717) is 37.3 Å². The average molecular weight is 812 g/mol. The van der Waals surface area contributed by atoms with Crippen molar-refractivity contribution in [3.05, 3.63) is 18.2 Å². The van der Waals surface area contributed by atoms with Crippen LogP contribution in [0.4, 0.5) is 0 Å². The van der Waals surface area contributed by atoms with Crippen molar-refractivity contribution < 1.29 is 43.5 Å². The lowest BCUT2D eigenvalue weighted by molar-refractivity contribution is -0.142. The maximum absolute atomic E-state index is 13.8. The molecule has 0 fully saturated rings. The van der Waals surface area contributed by atoms with Gasteiger partial charge < -0.3 is 59.2 Å². The third-order valence-corrected chi connectivity index (χ3v) is 8.94. The number of aromatic nitrogens is 2. The van der Waals surface area contributed by atoms with E-state index in [2.05, 4.69) is 41.9 Å². The monoisotopic (exact) mass is 811 g/mol. The minimum absolute atomic E-state index is 0.0791. The summed E-state index contributed by atoms with van der Waals surface area (Å²) < 4.78 is 0. The minimum Gasteiger partial charge on any atom is -0.480 e. The first-order valence-electron chi connectivity index (χ1n) is 18.6. The zero-order chi connectivity index (χ0) is 42.4. The fourth-order valence-electron chi connectivity index (χ4n) is 5.44. The molecule has 0 radical (unpaired) electrons. The van der Waals surface area contributed by atoms with Gasteiger partial charge in [0.15, 0.2) is 0 Å². The smallest absolute Gasteiger partial charge is 0.326 e. The molecule has 1 aromatic heterocycles. The van der Waals surface area contributed by atoms with Crippen LogP contribution in [-0.4, -0.2) is 124 Å². The third-order valence-electron chi connectivity index (χ3n) is 8.30.